The molecule has 4 nitrogen and oxygen atoms in total. The van der Waals surface area contributed by atoms with Crippen LogP contribution in [-0.4, -0.2) is 21.9 Å². The maximum absolute atomic E-state index is 12.2. The highest BCUT2D eigenvalue weighted by molar-refractivity contribution is 7.80. The van der Waals surface area contributed by atoms with E-state index < -0.39 is 0 Å². The van der Waals surface area contributed by atoms with Gasteiger partial charge in [0.05, 0.1) is 0 Å². The number of nitrogens with zero attached hydrogens (tertiary/aromatic N) is 1. The monoisotopic (exact) mass is 291 g/mol. The first-order valence-corrected chi connectivity index (χ1v) is 7.43. The lowest BCUT2D eigenvalue weighted by Crippen LogP contribution is -2.40. The predicted molar refractivity (Wildman–Crippen MR) is 83.6 cm³/mol. The quantitative estimate of drug-likeness (QED) is 0.838. The van der Waals surface area contributed by atoms with Crippen LogP contribution in [0, 0.1) is 11.8 Å². The number of carbonyl (C=O) groups excluding carboxylic acids is 1. The Morgan fingerprint density at radius 3 is 2.45 bits per heavy atom. The van der Waals surface area contributed by atoms with Crippen LogP contribution in [-0.2, 0) is 0 Å². The van der Waals surface area contributed by atoms with Gasteiger partial charge in [-0.15, -0.1) is 0 Å². The van der Waals surface area contributed by atoms with E-state index in [0.717, 1.165) is 12.8 Å². The molecule has 1 aromatic heterocycles. The molecule has 2 unspecified atom stereocenters. The van der Waals surface area contributed by atoms with E-state index in [2.05, 4.69) is 24.1 Å². The van der Waals surface area contributed by atoms with Crippen LogP contribution in [0.5, 0.6) is 0 Å². The fourth-order valence-electron chi connectivity index (χ4n) is 3.00. The molecule has 108 valence electrons. The fourth-order valence-corrected chi connectivity index (χ4v) is 3.12. The molecule has 2 rings (SSSR count). The molecule has 0 bridgehead atoms. The maximum atomic E-state index is 12.2. The van der Waals surface area contributed by atoms with Gasteiger partial charge in [-0.25, -0.2) is 0 Å². The van der Waals surface area contributed by atoms with E-state index in [1.54, 1.807) is 18.3 Å². The molecular weight excluding hydrogens is 270 g/mol. The van der Waals surface area contributed by atoms with Crippen molar-refractivity contribution in [2.24, 2.45) is 17.6 Å². The van der Waals surface area contributed by atoms with Crippen LogP contribution in [0.25, 0.3) is 0 Å². The maximum Gasteiger partial charge on any atom is 0.270 e. The van der Waals surface area contributed by atoms with Crippen LogP contribution in [0.3, 0.4) is 0 Å². The Labute approximate surface area is 125 Å². The number of amides is 1. The first-order valence-electron chi connectivity index (χ1n) is 7.02. The van der Waals surface area contributed by atoms with E-state index in [1.165, 1.54) is 6.42 Å². The van der Waals surface area contributed by atoms with Gasteiger partial charge in [0.1, 0.15) is 10.7 Å². The Kier molecular flexibility index (Phi) is 4.70. The highest BCUT2D eigenvalue weighted by Crippen LogP contribution is 2.28. The van der Waals surface area contributed by atoms with Gasteiger partial charge in [-0.2, -0.15) is 0 Å². The summed E-state index contributed by atoms with van der Waals surface area (Å²) in [6, 6.07) is 3.65. The number of nitrogens with two attached hydrogens (primary N) is 1. The Morgan fingerprint density at radius 2 is 1.95 bits per heavy atom. The van der Waals surface area contributed by atoms with Crippen molar-refractivity contribution in [1.82, 2.24) is 10.3 Å². The Bertz CT molecular complexity index is 490. The van der Waals surface area contributed by atoms with Crippen molar-refractivity contribution in [1.29, 1.82) is 0 Å². The van der Waals surface area contributed by atoms with Gasteiger partial charge in [0.25, 0.3) is 5.91 Å². The number of hydrogen-bond acceptors (Lipinski definition) is 3. The minimum atomic E-state index is -0.120. The average molecular weight is 291 g/mol. The Morgan fingerprint density at radius 1 is 1.30 bits per heavy atom. The molecule has 0 radical (unpaired) electrons. The molecule has 0 aliphatic heterocycles. The molecule has 0 spiro atoms. The topological polar surface area (TPSA) is 68.0 Å². The minimum Gasteiger partial charge on any atom is -0.389 e. The first-order chi connectivity index (χ1) is 9.45. The van der Waals surface area contributed by atoms with Crippen molar-refractivity contribution in [2.45, 2.75) is 39.2 Å². The second-order valence-electron chi connectivity index (χ2n) is 5.88. The van der Waals surface area contributed by atoms with Crippen LogP contribution in [0.15, 0.2) is 18.3 Å². The summed E-state index contributed by atoms with van der Waals surface area (Å²) < 4.78 is 0. The summed E-state index contributed by atoms with van der Waals surface area (Å²) in [7, 11) is 0. The summed E-state index contributed by atoms with van der Waals surface area (Å²) >= 11 is 4.86. The summed E-state index contributed by atoms with van der Waals surface area (Å²) in [6.45, 7) is 4.48. The van der Waals surface area contributed by atoms with Crippen molar-refractivity contribution in [3.05, 3.63) is 29.6 Å². The van der Waals surface area contributed by atoms with E-state index in [4.69, 9.17) is 18.0 Å². The lowest BCUT2D eigenvalue weighted by Gasteiger charge is -2.31. The van der Waals surface area contributed by atoms with E-state index >= 15 is 0 Å². The summed E-state index contributed by atoms with van der Waals surface area (Å²) in [5.74, 6) is 1.20. The van der Waals surface area contributed by atoms with Crippen LogP contribution < -0.4 is 11.1 Å². The number of pyridine rings is 1. The highest BCUT2D eigenvalue weighted by atomic mass is 32.1. The zero-order valence-electron chi connectivity index (χ0n) is 11.9. The summed E-state index contributed by atoms with van der Waals surface area (Å²) in [5.41, 5.74) is 6.60. The van der Waals surface area contributed by atoms with Gasteiger partial charge in [-0.3, -0.25) is 9.78 Å². The van der Waals surface area contributed by atoms with Crippen LogP contribution in [0.2, 0.25) is 0 Å². The zero-order valence-corrected chi connectivity index (χ0v) is 12.7. The van der Waals surface area contributed by atoms with E-state index in [0.29, 0.717) is 28.1 Å². The molecule has 1 saturated carbocycles. The largest absolute Gasteiger partial charge is 0.389 e. The molecule has 1 amide bonds. The molecule has 2 atom stereocenters. The number of hydrogen-bond donors (Lipinski definition) is 2. The molecule has 1 heterocycles. The van der Waals surface area contributed by atoms with Crippen molar-refractivity contribution in [3.8, 4) is 0 Å². The van der Waals surface area contributed by atoms with Gasteiger partial charge in [-0.1, -0.05) is 26.1 Å². The minimum absolute atomic E-state index is 0.120. The lowest BCUT2D eigenvalue weighted by atomic mass is 9.80. The number of thiocarbonyl (C=S) groups is 1. The van der Waals surface area contributed by atoms with Crippen molar-refractivity contribution >= 4 is 23.1 Å². The smallest absolute Gasteiger partial charge is 0.270 e. The van der Waals surface area contributed by atoms with Gasteiger partial charge in [0.2, 0.25) is 0 Å². The SMILES string of the molecule is CC1CC(C)CC(NC(=O)c2ccc(C(N)=S)cn2)C1. The average Bonchev–Trinajstić information content (AvgIpc) is 2.37. The molecule has 0 aromatic carbocycles. The molecule has 5 heteroatoms. The van der Waals surface area contributed by atoms with Gasteiger partial charge < -0.3 is 11.1 Å². The summed E-state index contributed by atoms with van der Waals surface area (Å²) in [5, 5.41) is 3.08. The molecule has 1 aliphatic carbocycles. The standard InChI is InChI=1S/C15H21N3OS/c1-9-5-10(2)7-12(6-9)18-15(19)13-4-3-11(8-17-13)14(16)20/h3-4,8-10,12H,5-7H2,1-2H3,(H2,16,20)(H,18,19). The fraction of sp³-hybridized carbons (Fsp3) is 0.533. The van der Waals surface area contributed by atoms with Crippen molar-refractivity contribution < 1.29 is 4.79 Å². The predicted octanol–water partition coefficient (Wildman–Crippen LogP) is 2.27. The summed E-state index contributed by atoms with van der Waals surface area (Å²) in [6.07, 6.45) is 4.87. The molecule has 1 aromatic rings. The van der Waals surface area contributed by atoms with E-state index in [1.807, 2.05) is 0 Å². The number of rotatable bonds is 3. The molecule has 0 saturated heterocycles. The molecular formula is C15H21N3OS. The summed E-state index contributed by atoms with van der Waals surface area (Å²) in [4.78, 5) is 16.6. The van der Waals surface area contributed by atoms with Gasteiger partial charge in [-0.05, 0) is 43.2 Å². The second-order valence-corrected chi connectivity index (χ2v) is 6.32. The zero-order chi connectivity index (χ0) is 14.7. The number of aromatic nitrogens is 1. The Hall–Kier alpha value is -1.49. The number of nitrogens with one attached hydrogen (secondary N) is 1. The Balaban J connectivity index is 1.99. The van der Waals surface area contributed by atoms with Crippen LogP contribution >= 0.6 is 12.2 Å². The van der Waals surface area contributed by atoms with Gasteiger partial charge in [0.15, 0.2) is 0 Å². The molecule has 1 fully saturated rings. The van der Waals surface area contributed by atoms with Crippen LogP contribution in [0.1, 0.15) is 49.2 Å². The third kappa shape index (κ3) is 3.76. The molecule has 20 heavy (non-hydrogen) atoms. The highest BCUT2D eigenvalue weighted by Gasteiger charge is 2.25. The number of carbonyl (C=O) groups is 1. The van der Waals surface area contributed by atoms with Crippen molar-refractivity contribution in [2.75, 3.05) is 0 Å². The van der Waals surface area contributed by atoms with Crippen molar-refractivity contribution in [3.63, 3.8) is 0 Å². The van der Waals surface area contributed by atoms with Gasteiger partial charge in [0, 0.05) is 17.8 Å². The van der Waals surface area contributed by atoms with Gasteiger partial charge >= 0.3 is 0 Å². The molecule has 3 N–H and O–H groups in total. The third-order valence-electron chi connectivity index (χ3n) is 3.79. The lowest BCUT2D eigenvalue weighted by molar-refractivity contribution is 0.0906. The van der Waals surface area contributed by atoms with E-state index in [-0.39, 0.29) is 11.9 Å². The third-order valence-corrected chi connectivity index (χ3v) is 4.03. The first kappa shape index (κ1) is 14.9. The van der Waals surface area contributed by atoms with Crippen LogP contribution in [0.4, 0.5) is 0 Å². The molecule has 1 aliphatic rings. The van der Waals surface area contributed by atoms with E-state index in [9.17, 15) is 4.79 Å². The normalized spacial score (nSPS) is 26.0. The second kappa shape index (κ2) is 6.31.